The molecule has 1 amide bonds. The van der Waals surface area contributed by atoms with Gasteiger partial charge >= 0.3 is 5.97 Å². The number of rotatable bonds is 5. The molecule has 108 valence electrons. The minimum absolute atomic E-state index is 0.155. The van der Waals surface area contributed by atoms with Crippen molar-refractivity contribution >= 4 is 11.9 Å². The number of ether oxygens (including phenoxy) is 1. The molecule has 2 unspecified atom stereocenters. The van der Waals surface area contributed by atoms with Crippen LogP contribution in [0.4, 0.5) is 0 Å². The first kappa shape index (κ1) is 14.3. The molecular weight excluding hydrogens is 246 g/mol. The Hall–Kier alpha value is -1.10. The lowest BCUT2D eigenvalue weighted by atomic mass is 9.90. The summed E-state index contributed by atoms with van der Waals surface area (Å²) >= 11 is 0. The summed E-state index contributed by atoms with van der Waals surface area (Å²) in [5, 5.41) is 8.57. The molecule has 0 aromatic rings. The fourth-order valence-corrected chi connectivity index (χ4v) is 3.10. The van der Waals surface area contributed by atoms with Gasteiger partial charge in [0.1, 0.15) is 0 Å². The second-order valence-electron chi connectivity index (χ2n) is 5.45. The standard InChI is InChI=1S/C14H23NO4/c16-13(7-3-4-8-14(17)18)15-9-10-19-12-6-2-1-5-11(12)15/h11-12H,1-10H2,(H,17,18). The van der Waals surface area contributed by atoms with Gasteiger partial charge in [-0.05, 0) is 25.7 Å². The van der Waals surface area contributed by atoms with E-state index >= 15 is 0 Å². The minimum Gasteiger partial charge on any atom is -0.481 e. The first-order valence-electron chi connectivity index (χ1n) is 7.31. The summed E-state index contributed by atoms with van der Waals surface area (Å²) in [5.74, 6) is -0.614. The summed E-state index contributed by atoms with van der Waals surface area (Å²) in [7, 11) is 0. The first-order chi connectivity index (χ1) is 9.18. The average Bonchev–Trinajstić information content (AvgIpc) is 2.42. The van der Waals surface area contributed by atoms with Crippen molar-refractivity contribution in [1.29, 1.82) is 0 Å². The SMILES string of the molecule is O=C(O)CCCCC(=O)N1CCOC2CCCCC21. The van der Waals surface area contributed by atoms with E-state index < -0.39 is 5.97 Å². The highest BCUT2D eigenvalue weighted by molar-refractivity contribution is 5.76. The molecule has 5 heteroatoms. The molecule has 5 nitrogen and oxygen atoms in total. The summed E-state index contributed by atoms with van der Waals surface area (Å²) < 4.78 is 5.75. The Labute approximate surface area is 113 Å². The van der Waals surface area contributed by atoms with E-state index in [4.69, 9.17) is 9.84 Å². The Balaban J connectivity index is 1.78. The van der Waals surface area contributed by atoms with Gasteiger partial charge in [-0.3, -0.25) is 9.59 Å². The van der Waals surface area contributed by atoms with Crippen molar-refractivity contribution in [2.75, 3.05) is 13.2 Å². The smallest absolute Gasteiger partial charge is 0.303 e. The van der Waals surface area contributed by atoms with Gasteiger partial charge in [0.15, 0.2) is 0 Å². The number of morpholine rings is 1. The molecule has 2 atom stereocenters. The summed E-state index contributed by atoms with van der Waals surface area (Å²) in [6.07, 6.45) is 6.58. The molecule has 2 aliphatic rings. The highest BCUT2D eigenvalue weighted by Crippen LogP contribution is 2.29. The molecule has 0 bridgehead atoms. The number of carboxylic acid groups (broad SMARTS) is 1. The van der Waals surface area contributed by atoms with Crippen LogP contribution >= 0.6 is 0 Å². The number of amides is 1. The van der Waals surface area contributed by atoms with Crippen molar-refractivity contribution in [3.63, 3.8) is 0 Å². The van der Waals surface area contributed by atoms with Crippen LogP contribution in [0, 0.1) is 0 Å². The Morgan fingerprint density at radius 2 is 1.89 bits per heavy atom. The Morgan fingerprint density at radius 3 is 2.68 bits per heavy atom. The van der Waals surface area contributed by atoms with Gasteiger partial charge in [0.2, 0.25) is 5.91 Å². The zero-order chi connectivity index (χ0) is 13.7. The number of aliphatic carboxylic acids is 1. The van der Waals surface area contributed by atoms with Crippen LogP contribution in [-0.2, 0) is 14.3 Å². The Bertz CT molecular complexity index is 329. The lowest BCUT2D eigenvalue weighted by Crippen LogP contribution is -2.54. The number of hydrogen-bond donors (Lipinski definition) is 1. The molecular formula is C14H23NO4. The summed E-state index contributed by atoms with van der Waals surface area (Å²) in [6.45, 7) is 1.33. The van der Waals surface area contributed by atoms with Crippen LogP contribution in [0.15, 0.2) is 0 Å². The van der Waals surface area contributed by atoms with Crippen LogP contribution in [0.1, 0.15) is 51.4 Å². The molecule has 0 spiro atoms. The Morgan fingerprint density at radius 1 is 1.16 bits per heavy atom. The fourth-order valence-electron chi connectivity index (χ4n) is 3.10. The van der Waals surface area contributed by atoms with Crippen molar-refractivity contribution in [1.82, 2.24) is 4.90 Å². The van der Waals surface area contributed by atoms with Gasteiger partial charge in [-0.2, -0.15) is 0 Å². The molecule has 1 aliphatic carbocycles. The fraction of sp³-hybridized carbons (Fsp3) is 0.857. The highest BCUT2D eigenvalue weighted by atomic mass is 16.5. The van der Waals surface area contributed by atoms with Gasteiger partial charge in [0.05, 0.1) is 18.8 Å². The molecule has 1 aliphatic heterocycles. The third kappa shape index (κ3) is 3.93. The predicted octanol–water partition coefficient (Wildman–Crippen LogP) is 1.80. The van der Waals surface area contributed by atoms with Crippen molar-refractivity contribution in [2.45, 2.75) is 63.5 Å². The number of fused-ring (bicyclic) bond motifs is 1. The number of carboxylic acids is 1. The molecule has 0 radical (unpaired) electrons. The van der Waals surface area contributed by atoms with E-state index in [0.29, 0.717) is 32.4 Å². The molecule has 1 heterocycles. The second kappa shape index (κ2) is 6.89. The van der Waals surface area contributed by atoms with Crippen LogP contribution in [0.3, 0.4) is 0 Å². The maximum atomic E-state index is 12.2. The van der Waals surface area contributed by atoms with E-state index in [9.17, 15) is 9.59 Å². The molecule has 19 heavy (non-hydrogen) atoms. The monoisotopic (exact) mass is 269 g/mol. The van der Waals surface area contributed by atoms with Gasteiger partial charge in [0, 0.05) is 19.4 Å². The predicted molar refractivity (Wildman–Crippen MR) is 69.8 cm³/mol. The third-order valence-electron chi connectivity index (χ3n) is 4.08. The van der Waals surface area contributed by atoms with Crippen LogP contribution in [0.25, 0.3) is 0 Å². The van der Waals surface area contributed by atoms with Gasteiger partial charge in [-0.25, -0.2) is 0 Å². The molecule has 1 saturated heterocycles. The van der Waals surface area contributed by atoms with Gasteiger partial charge in [-0.1, -0.05) is 12.8 Å². The zero-order valence-corrected chi connectivity index (χ0v) is 11.3. The van der Waals surface area contributed by atoms with E-state index in [1.165, 1.54) is 12.8 Å². The van der Waals surface area contributed by atoms with Crippen LogP contribution in [-0.4, -0.2) is 47.2 Å². The summed E-state index contributed by atoms with van der Waals surface area (Å²) in [5.41, 5.74) is 0. The number of carbonyl (C=O) groups excluding carboxylic acids is 1. The average molecular weight is 269 g/mol. The van der Waals surface area contributed by atoms with E-state index in [1.54, 1.807) is 0 Å². The van der Waals surface area contributed by atoms with Crippen molar-refractivity contribution in [3.05, 3.63) is 0 Å². The van der Waals surface area contributed by atoms with E-state index in [-0.39, 0.29) is 24.5 Å². The van der Waals surface area contributed by atoms with Crippen molar-refractivity contribution < 1.29 is 19.4 Å². The number of unbranched alkanes of at least 4 members (excludes halogenated alkanes) is 1. The van der Waals surface area contributed by atoms with E-state index in [2.05, 4.69) is 0 Å². The molecule has 2 rings (SSSR count). The van der Waals surface area contributed by atoms with Gasteiger partial charge in [-0.15, -0.1) is 0 Å². The largest absolute Gasteiger partial charge is 0.481 e. The summed E-state index contributed by atoms with van der Waals surface area (Å²) in [6, 6.07) is 0.259. The summed E-state index contributed by atoms with van der Waals surface area (Å²) in [4.78, 5) is 24.6. The number of carbonyl (C=O) groups is 2. The lowest BCUT2D eigenvalue weighted by molar-refractivity contribution is -0.149. The normalized spacial score (nSPS) is 26.8. The van der Waals surface area contributed by atoms with Gasteiger partial charge < -0.3 is 14.7 Å². The highest BCUT2D eigenvalue weighted by Gasteiger charge is 2.36. The van der Waals surface area contributed by atoms with Crippen molar-refractivity contribution in [3.8, 4) is 0 Å². The van der Waals surface area contributed by atoms with Crippen molar-refractivity contribution in [2.24, 2.45) is 0 Å². The van der Waals surface area contributed by atoms with Crippen LogP contribution in [0.2, 0.25) is 0 Å². The van der Waals surface area contributed by atoms with Crippen LogP contribution in [0.5, 0.6) is 0 Å². The topological polar surface area (TPSA) is 66.8 Å². The van der Waals surface area contributed by atoms with E-state index in [1.807, 2.05) is 4.90 Å². The minimum atomic E-state index is -0.786. The molecule has 0 aromatic carbocycles. The van der Waals surface area contributed by atoms with E-state index in [0.717, 1.165) is 12.8 Å². The lowest BCUT2D eigenvalue weighted by Gasteiger charge is -2.43. The zero-order valence-electron chi connectivity index (χ0n) is 11.3. The molecule has 2 fully saturated rings. The first-order valence-corrected chi connectivity index (χ1v) is 7.31. The Kier molecular flexibility index (Phi) is 5.19. The van der Waals surface area contributed by atoms with Gasteiger partial charge in [0.25, 0.3) is 0 Å². The van der Waals surface area contributed by atoms with Crippen LogP contribution < -0.4 is 0 Å². The quantitative estimate of drug-likeness (QED) is 0.773. The number of nitrogens with zero attached hydrogens (tertiary/aromatic N) is 1. The maximum Gasteiger partial charge on any atom is 0.303 e. The molecule has 1 saturated carbocycles. The second-order valence-corrected chi connectivity index (χ2v) is 5.45. The number of hydrogen-bond acceptors (Lipinski definition) is 3. The third-order valence-corrected chi connectivity index (χ3v) is 4.08. The molecule has 0 aromatic heterocycles. The maximum absolute atomic E-state index is 12.2. The molecule has 1 N–H and O–H groups in total.